The summed E-state index contributed by atoms with van der Waals surface area (Å²) in [6.45, 7) is 1.63. The van der Waals surface area contributed by atoms with Crippen molar-refractivity contribution in [1.82, 2.24) is 0 Å². The van der Waals surface area contributed by atoms with Crippen LogP contribution in [-0.4, -0.2) is 38.8 Å². The highest BCUT2D eigenvalue weighted by molar-refractivity contribution is 5.59. The molecule has 108 valence electrons. The second-order valence-electron chi connectivity index (χ2n) is 4.00. The van der Waals surface area contributed by atoms with Gasteiger partial charge in [0.2, 0.25) is 0 Å². The fraction of sp³-hybridized carbons (Fsp3) is 0.462. The number of nitro groups is 1. The molecule has 0 heterocycles. The van der Waals surface area contributed by atoms with Crippen molar-refractivity contribution in [2.75, 3.05) is 38.8 Å². The van der Waals surface area contributed by atoms with Gasteiger partial charge in [0.1, 0.15) is 0 Å². The molecule has 1 rings (SSSR count). The average Bonchev–Trinajstić information content (AvgIpc) is 2.46. The molecule has 0 aliphatic heterocycles. The van der Waals surface area contributed by atoms with Gasteiger partial charge in [0.25, 0.3) is 0 Å². The summed E-state index contributed by atoms with van der Waals surface area (Å²) in [5.41, 5.74) is 0.683. The number of hydrogen-bond donors (Lipinski definition) is 0. The topological polar surface area (TPSA) is 88.6 Å². The van der Waals surface area contributed by atoms with Gasteiger partial charge in [-0.1, -0.05) is 0 Å². The third kappa shape index (κ3) is 4.10. The Hall–Kier alpha value is -2.33. The van der Waals surface area contributed by atoms with Gasteiger partial charge in [-0.3, -0.25) is 10.1 Å². The zero-order valence-electron chi connectivity index (χ0n) is 11.5. The molecule has 0 amide bonds. The molecular formula is C13H17N3O4. The van der Waals surface area contributed by atoms with E-state index in [0.29, 0.717) is 26.1 Å². The van der Waals surface area contributed by atoms with Crippen LogP contribution in [0.15, 0.2) is 18.2 Å². The predicted molar refractivity (Wildman–Crippen MR) is 74.0 cm³/mol. The number of anilines is 1. The van der Waals surface area contributed by atoms with Crippen molar-refractivity contribution in [3.63, 3.8) is 0 Å². The van der Waals surface area contributed by atoms with Gasteiger partial charge in [0.15, 0.2) is 5.75 Å². The first-order valence-electron chi connectivity index (χ1n) is 6.07. The largest absolute Gasteiger partial charge is 0.490 e. The quantitative estimate of drug-likeness (QED) is 0.534. The summed E-state index contributed by atoms with van der Waals surface area (Å²) in [4.78, 5) is 12.3. The Morgan fingerprint density at radius 3 is 2.70 bits per heavy atom. The lowest BCUT2D eigenvalue weighted by Crippen LogP contribution is -2.28. The van der Waals surface area contributed by atoms with E-state index in [4.69, 9.17) is 14.7 Å². The molecule has 7 nitrogen and oxygen atoms in total. The van der Waals surface area contributed by atoms with Gasteiger partial charge in [0.05, 0.1) is 31.1 Å². The summed E-state index contributed by atoms with van der Waals surface area (Å²) in [5, 5.41) is 19.5. The average molecular weight is 279 g/mol. The van der Waals surface area contributed by atoms with Crippen LogP contribution in [0.2, 0.25) is 0 Å². The molecule has 0 spiro atoms. The van der Waals surface area contributed by atoms with Crippen LogP contribution in [0.3, 0.4) is 0 Å². The van der Waals surface area contributed by atoms with Crippen molar-refractivity contribution in [1.29, 1.82) is 5.26 Å². The number of methoxy groups -OCH3 is 2. The molecule has 0 fully saturated rings. The molecule has 0 N–H and O–H groups in total. The number of nitro benzene ring substituents is 1. The highest BCUT2D eigenvalue weighted by atomic mass is 16.6. The molecule has 0 aromatic heterocycles. The van der Waals surface area contributed by atoms with Gasteiger partial charge < -0.3 is 14.4 Å². The molecule has 0 atom stereocenters. The minimum Gasteiger partial charge on any atom is -0.490 e. The molecule has 7 heteroatoms. The molecule has 0 radical (unpaired) electrons. The Kier molecular flexibility index (Phi) is 6.26. The molecule has 0 aliphatic carbocycles. The van der Waals surface area contributed by atoms with Crippen LogP contribution in [0.1, 0.15) is 6.42 Å². The van der Waals surface area contributed by atoms with Gasteiger partial charge in [-0.2, -0.15) is 5.26 Å². The van der Waals surface area contributed by atoms with E-state index in [9.17, 15) is 10.1 Å². The van der Waals surface area contributed by atoms with E-state index in [1.165, 1.54) is 13.2 Å². The third-order valence-electron chi connectivity index (χ3n) is 2.78. The van der Waals surface area contributed by atoms with E-state index in [1.54, 1.807) is 19.2 Å². The number of nitriles is 1. The summed E-state index contributed by atoms with van der Waals surface area (Å²) in [7, 11) is 2.99. The van der Waals surface area contributed by atoms with Crippen LogP contribution in [-0.2, 0) is 4.74 Å². The van der Waals surface area contributed by atoms with Crippen molar-refractivity contribution in [2.24, 2.45) is 0 Å². The van der Waals surface area contributed by atoms with Crippen molar-refractivity contribution in [3.05, 3.63) is 28.3 Å². The van der Waals surface area contributed by atoms with E-state index >= 15 is 0 Å². The van der Waals surface area contributed by atoms with Gasteiger partial charge in [-0.25, -0.2) is 0 Å². The van der Waals surface area contributed by atoms with Crippen molar-refractivity contribution in [3.8, 4) is 11.8 Å². The molecule has 0 saturated carbocycles. The summed E-state index contributed by atoms with van der Waals surface area (Å²) >= 11 is 0. The number of benzene rings is 1. The number of rotatable bonds is 8. The van der Waals surface area contributed by atoms with Gasteiger partial charge >= 0.3 is 5.69 Å². The highest BCUT2D eigenvalue weighted by Crippen LogP contribution is 2.31. The standard InChI is InChI=1S/C13H17N3O4/c1-19-9-8-15(7-3-6-14)11-4-5-12(16(17)18)13(10-11)20-2/h4-5,10H,3,7-9H2,1-2H3. The molecule has 0 unspecified atom stereocenters. The molecular weight excluding hydrogens is 262 g/mol. The van der Waals surface area contributed by atoms with E-state index in [1.807, 2.05) is 4.90 Å². The Bertz CT molecular complexity index is 499. The minimum absolute atomic E-state index is 0.0803. The van der Waals surface area contributed by atoms with E-state index in [-0.39, 0.29) is 11.4 Å². The summed E-state index contributed by atoms with van der Waals surface area (Å²) < 4.78 is 10.1. The Balaban J connectivity index is 3.00. The van der Waals surface area contributed by atoms with Crippen LogP contribution < -0.4 is 9.64 Å². The summed E-state index contributed by atoms with van der Waals surface area (Å²) in [6.07, 6.45) is 0.364. The van der Waals surface area contributed by atoms with Crippen LogP contribution >= 0.6 is 0 Å². The lowest BCUT2D eigenvalue weighted by atomic mass is 10.2. The maximum Gasteiger partial charge on any atom is 0.311 e. The summed E-state index contributed by atoms with van der Waals surface area (Å²) in [6, 6.07) is 6.73. The van der Waals surface area contributed by atoms with E-state index in [2.05, 4.69) is 6.07 Å². The first-order valence-corrected chi connectivity index (χ1v) is 6.07. The number of nitrogens with zero attached hydrogens (tertiary/aromatic N) is 3. The van der Waals surface area contributed by atoms with E-state index < -0.39 is 4.92 Å². The zero-order chi connectivity index (χ0) is 15.0. The van der Waals surface area contributed by atoms with Crippen LogP contribution in [0.5, 0.6) is 5.75 Å². The molecule has 1 aromatic rings. The molecule has 0 saturated heterocycles. The van der Waals surface area contributed by atoms with Crippen LogP contribution in [0, 0.1) is 21.4 Å². The monoisotopic (exact) mass is 279 g/mol. The second kappa shape index (κ2) is 7.96. The van der Waals surface area contributed by atoms with Crippen LogP contribution in [0.4, 0.5) is 11.4 Å². The van der Waals surface area contributed by atoms with Gasteiger partial charge in [-0.05, 0) is 6.07 Å². The normalized spacial score (nSPS) is 9.85. The Morgan fingerprint density at radius 1 is 1.40 bits per heavy atom. The molecule has 1 aromatic carbocycles. The second-order valence-corrected chi connectivity index (χ2v) is 4.00. The Labute approximate surface area is 117 Å². The van der Waals surface area contributed by atoms with Gasteiger partial charge in [-0.15, -0.1) is 0 Å². The fourth-order valence-electron chi connectivity index (χ4n) is 1.77. The molecule has 0 bridgehead atoms. The lowest BCUT2D eigenvalue weighted by Gasteiger charge is -2.23. The smallest absolute Gasteiger partial charge is 0.311 e. The minimum atomic E-state index is -0.489. The van der Waals surface area contributed by atoms with Crippen molar-refractivity contribution < 1.29 is 14.4 Å². The number of hydrogen-bond acceptors (Lipinski definition) is 6. The fourth-order valence-corrected chi connectivity index (χ4v) is 1.77. The number of ether oxygens (including phenoxy) is 2. The first-order chi connectivity index (χ1) is 9.63. The van der Waals surface area contributed by atoms with E-state index in [0.717, 1.165) is 5.69 Å². The highest BCUT2D eigenvalue weighted by Gasteiger charge is 2.17. The zero-order valence-corrected chi connectivity index (χ0v) is 11.5. The molecule has 0 aliphatic rings. The van der Waals surface area contributed by atoms with Crippen LogP contribution in [0.25, 0.3) is 0 Å². The summed E-state index contributed by atoms with van der Waals surface area (Å²) in [5.74, 6) is 0.201. The first kappa shape index (κ1) is 15.7. The SMILES string of the molecule is COCCN(CCC#N)c1ccc([N+](=O)[O-])c(OC)c1. The lowest BCUT2D eigenvalue weighted by molar-refractivity contribution is -0.385. The predicted octanol–water partition coefficient (Wildman–Crippen LogP) is 1.97. The van der Waals surface area contributed by atoms with Crippen molar-refractivity contribution in [2.45, 2.75) is 6.42 Å². The third-order valence-corrected chi connectivity index (χ3v) is 2.78. The van der Waals surface area contributed by atoms with Crippen molar-refractivity contribution >= 4 is 11.4 Å². The maximum atomic E-state index is 10.9. The van der Waals surface area contributed by atoms with Gasteiger partial charge in [0, 0.05) is 38.0 Å². The maximum absolute atomic E-state index is 10.9. The molecule has 20 heavy (non-hydrogen) atoms. The Morgan fingerprint density at radius 2 is 2.15 bits per heavy atom.